The average molecular weight is 313 g/mol. The molecule has 1 heterocycles. The fraction of sp³-hybridized carbons (Fsp3) is 0.556. The number of carbonyl (C=O) groups is 1. The smallest absolute Gasteiger partial charge is 0.253 e. The summed E-state index contributed by atoms with van der Waals surface area (Å²) in [6.07, 6.45) is 3.17. The number of carbonyl (C=O) groups excluding carboxylic acids is 1. The highest BCUT2D eigenvalue weighted by Crippen LogP contribution is 2.25. The number of piperazine rings is 1. The Morgan fingerprint density at radius 1 is 1.26 bits per heavy atom. The summed E-state index contributed by atoms with van der Waals surface area (Å²) in [4.78, 5) is 16.8. The van der Waals surface area contributed by atoms with Crippen molar-refractivity contribution in [3.8, 4) is 6.07 Å². The summed E-state index contributed by atoms with van der Waals surface area (Å²) in [6, 6.07) is 9.73. The van der Waals surface area contributed by atoms with Gasteiger partial charge in [0.2, 0.25) is 0 Å². The van der Waals surface area contributed by atoms with Crippen LogP contribution >= 0.6 is 0 Å². The predicted molar refractivity (Wildman–Crippen MR) is 86.9 cm³/mol. The molecule has 0 spiro atoms. The molecule has 5 heteroatoms. The lowest BCUT2D eigenvalue weighted by atomic mass is 10.1. The Bertz CT molecular complexity index is 603. The monoisotopic (exact) mass is 313 g/mol. The van der Waals surface area contributed by atoms with E-state index >= 15 is 0 Å². The first-order chi connectivity index (χ1) is 11.2. The third-order valence-electron chi connectivity index (χ3n) is 4.97. The zero-order valence-electron chi connectivity index (χ0n) is 13.3. The van der Waals surface area contributed by atoms with E-state index in [1.165, 1.54) is 0 Å². The second-order valence-corrected chi connectivity index (χ2v) is 6.43. The molecule has 1 saturated carbocycles. The van der Waals surface area contributed by atoms with Crippen molar-refractivity contribution in [3.05, 3.63) is 35.4 Å². The van der Waals surface area contributed by atoms with Crippen LogP contribution < -0.4 is 0 Å². The molecule has 0 unspecified atom stereocenters. The summed E-state index contributed by atoms with van der Waals surface area (Å²) in [5.74, 6) is 0.0383. The van der Waals surface area contributed by atoms with E-state index < -0.39 is 0 Å². The number of hydrogen-bond donors (Lipinski definition) is 1. The number of nitrogens with zero attached hydrogens (tertiary/aromatic N) is 3. The molecule has 2 atom stereocenters. The Hall–Kier alpha value is -1.90. The average Bonchev–Trinajstić information content (AvgIpc) is 3.01. The Morgan fingerprint density at radius 2 is 2.04 bits per heavy atom. The van der Waals surface area contributed by atoms with Gasteiger partial charge in [-0.15, -0.1) is 0 Å². The number of aliphatic hydroxyl groups excluding tert-OH is 1. The Kier molecular flexibility index (Phi) is 4.94. The number of hydrogen-bond acceptors (Lipinski definition) is 4. The van der Waals surface area contributed by atoms with Crippen molar-refractivity contribution in [2.45, 2.75) is 37.8 Å². The molecule has 1 amide bonds. The predicted octanol–water partition coefficient (Wildman–Crippen LogP) is 1.42. The lowest BCUT2D eigenvalue weighted by molar-refractivity contribution is 0.0315. The summed E-state index contributed by atoms with van der Waals surface area (Å²) >= 11 is 0. The molecular formula is C18H23N3O2. The number of amides is 1. The van der Waals surface area contributed by atoms with Gasteiger partial charge in [0.25, 0.3) is 5.91 Å². The second kappa shape index (κ2) is 7.12. The van der Waals surface area contributed by atoms with Crippen LogP contribution in [0, 0.1) is 11.3 Å². The minimum Gasteiger partial charge on any atom is -0.391 e. The van der Waals surface area contributed by atoms with E-state index in [1.54, 1.807) is 0 Å². The Morgan fingerprint density at radius 3 is 2.70 bits per heavy atom. The van der Waals surface area contributed by atoms with Crippen LogP contribution in [0.4, 0.5) is 0 Å². The van der Waals surface area contributed by atoms with Gasteiger partial charge in [0.15, 0.2) is 0 Å². The largest absolute Gasteiger partial charge is 0.391 e. The highest BCUT2D eigenvalue weighted by atomic mass is 16.3. The van der Waals surface area contributed by atoms with Crippen molar-refractivity contribution in [2.75, 3.05) is 26.2 Å². The van der Waals surface area contributed by atoms with Crippen LogP contribution in [-0.4, -0.2) is 59.1 Å². The molecule has 1 N–H and O–H groups in total. The normalized spacial score (nSPS) is 25.3. The quantitative estimate of drug-likeness (QED) is 0.916. The first-order valence-electron chi connectivity index (χ1n) is 8.36. The van der Waals surface area contributed by atoms with Crippen LogP contribution in [-0.2, 0) is 6.42 Å². The van der Waals surface area contributed by atoms with Gasteiger partial charge in [-0.3, -0.25) is 9.69 Å². The number of aliphatic hydroxyl groups is 1. The van der Waals surface area contributed by atoms with E-state index in [9.17, 15) is 9.90 Å². The summed E-state index contributed by atoms with van der Waals surface area (Å²) < 4.78 is 0. The van der Waals surface area contributed by atoms with Crippen LogP contribution in [0.15, 0.2) is 24.3 Å². The van der Waals surface area contributed by atoms with Crippen LogP contribution in [0.25, 0.3) is 0 Å². The second-order valence-electron chi connectivity index (χ2n) is 6.43. The van der Waals surface area contributed by atoms with E-state index in [1.807, 2.05) is 29.2 Å². The molecular weight excluding hydrogens is 290 g/mol. The van der Waals surface area contributed by atoms with E-state index in [2.05, 4.69) is 11.0 Å². The summed E-state index contributed by atoms with van der Waals surface area (Å²) in [5.41, 5.74) is 1.54. The van der Waals surface area contributed by atoms with E-state index in [0.29, 0.717) is 25.1 Å². The molecule has 5 nitrogen and oxygen atoms in total. The highest BCUT2D eigenvalue weighted by Gasteiger charge is 2.33. The van der Waals surface area contributed by atoms with Crippen molar-refractivity contribution in [2.24, 2.45) is 0 Å². The third-order valence-corrected chi connectivity index (χ3v) is 4.97. The van der Waals surface area contributed by atoms with Gasteiger partial charge in [-0.2, -0.15) is 5.26 Å². The molecule has 1 aliphatic heterocycles. The Balaban J connectivity index is 1.60. The molecule has 23 heavy (non-hydrogen) atoms. The lowest BCUT2D eigenvalue weighted by Gasteiger charge is -2.39. The van der Waals surface area contributed by atoms with Gasteiger partial charge in [0, 0.05) is 37.8 Å². The summed E-state index contributed by atoms with van der Waals surface area (Å²) in [5, 5.41) is 18.8. The SMILES string of the molecule is N#CCc1cccc(C(=O)N2CCN([C@@H]3CCC[C@H]3O)CC2)c1. The molecule has 0 aromatic heterocycles. The zero-order valence-corrected chi connectivity index (χ0v) is 13.3. The van der Waals surface area contributed by atoms with Gasteiger partial charge in [-0.05, 0) is 37.0 Å². The molecule has 1 aromatic rings. The summed E-state index contributed by atoms with van der Waals surface area (Å²) in [7, 11) is 0. The van der Waals surface area contributed by atoms with Crippen molar-refractivity contribution in [1.82, 2.24) is 9.80 Å². The third kappa shape index (κ3) is 3.54. The van der Waals surface area contributed by atoms with Crippen LogP contribution in [0.2, 0.25) is 0 Å². The molecule has 0 bridgehead atoms. The molecule has 1 aromatic carbocycles. The molecule has 1 aliphatic carbocycles. The van der Waals surface area contributed by atoms with Crippen molar-refractivity contribution < 1.29 is 9.90 Å². The fourth-order valence-corrected chi connectivity index (χ4v) is 3.69. The molecule has 2 fully saturated rings. The standard InChI is InChI=1S/C18H23N3O2/c19-8-7-14-3-1-4-15(13-14)18(23)21-11-9-20(10-12-21)16-5-2-6-17(16)22/h1,3-4,13,16-17,22H,2,5-7,9-12H2/t16-,17-/m1/s1. The lowest BCUT2D eigenvalue weighted by Crippen LogP contribution is -2.53. The van der Waals surface area contributed by atoms with Gasteiger partial charge >= 0.3 is 0 Å². The first-order valence-corrected chi connectivity index (χ1v) is 8.36. The number of nitriles is 1. The van der Waals surface area contributed by atoms with Crippen molar-refractivity contribution >= 4 is 5.91 Å². The molecule has 1 saturated heterocycles. The number of rotatable bonds is 3. The van der Waals surface area contributed by atoms with Gasteiger partial charge < -0.3 is 10.0 Å². The minimum absolute atomic E-state index is 0.0383. The molecule has 2 aliphatic rings. The van der Waals surface area contributed by atoms with Crippen molar-refractivity contribution in [3.63, 3.8) is 0 Å². The van der Waals surface area contributed by atoms with Crippen LogP contribution in [0.3, 0.4) is 0 Å². The maximum absolute atomic E-state index is 12.6. The molecule has 122 valence electrons. The molecule has 0 radical (unpaired) electrons. The maximum Gasteiger partial charge on any atom is 0.253 e. The van der Waals surface area contributed by atoms with E-state index in [0.717, 1.165) is 37.9 Å². The van der Waals surface area contributed by atoms with E-state index in [-0.39, 0.29) is 18.1 Å². The maximum atomic E-state index is 12.6. The van der Waals surface area contributed by atoms with Gasteiger partial charge in [0.05, 0.1) is 18.6 Å². The van der Waals surface area contributed by atoms with Crippen molar-refractivity contribution in [1.29, 1.82) is 5.26 Å². The molecule has 3 rings (SSSR count). The fourth-order valence-electron chi connectivity index (χ4n) is 3.69. The van der Waals surface area contributed by atoms with Gasteiger partial charge in [-0.1, -0.05) is 12.1 Å². The topological polar surface area (TPSA) is 67.6 Å². The van der Waals surface area contributed by atoms with Gasteiger partial charge in [0.1, 0.15) is 0 Å². The first kappa shape index (κ1) is 16.0. The van der Waals surface area contributed by atoms with E-state index in [4.69, 9.17) is 5.26 Å². The number of benzene rings is 1. The van der Waals surface area contributed by atoms with Gasteiger partial charge in [-0.25, -0.2) is 0 Å². The van der Waals surface area contributed by atoms with Crippen LogP contribution in [0.5, 0.6) is 0 Å². The Labute approximate surface area is 137 Å². The zero-order chi connectivity index (χ0) is 16.2. The van der Waals surface area contributed by atoms with Crippen LogP contribution in [0.1, 0.15) is 35.2 Å². The minimum atomic E-state index is -0.208. The summed E-state index contributed by atoms with van der Waals surface area (Å²) in [6.45, 7) is 3.05. The highest BCUT2D eigenvalue weighted by molar-refractivity contribution is 5.94.